The van der Waals surface area contributed by atoms with Crippen molar-refractivity contribution >= 4 is 35.0 Å². The Balaban J connectivity index is 2.72. The molecule has 1 aromatic heterocycles. The molecule has 0 fully saturated rings. The molecule has 0 bridgehead atoms. The van der Waals surface area contributed by atoms with Crippen molar-refractivity contribution in [2.45, 2.75) is 26.3 Å². The Labute approximate surface area is 114 Å². The van der Waals surface area contributed by atoms with Gasteiger partial charge in [0.05, 0.1) is 10.7 Å². The maximum absolute atomic E-state index is 11.9. The Kier molecular flexibility index (Phi) is 5.61. The van der Waals surface area contributed by atoms with Gasteiger partial charge >= 0.3 is 5.97 Å². The van der Waals surface area contributed by atoms with Crippen LogP contribution >= 0.6 is 23.1 Å². The molecule has 1 atom stereocenters. The van der Waals surface area contributed by atoms with Crippen LogP contribution in [-0.2, 0) is 4.79 Å². The van der Waals surface area contributed by atoms with Crippen LogP contribution in [0.5, 0.6) is 0 Å². The lowest BCUT2D eigenvalue weighted by Crippen LogP contribution is -2.41. The highest BCUT2D eigenvalue weighted by Gasteiger charge is 2.22. The summed E-state index contributed by atoms with van der Waals surface area (Å²) in [6.07, 6.45) is 2.32. The van der Waals surface area contributed by atoms with Crippen LogP contribution in [-0.4, -0.2) is 40.0 Å². The zero-order valence-corrected chi connectivity index (χ0v) is 12.2. The van der Waals surface area contributed by atoms with Crippen molar-refractivity contribution in [3.05, 3.63) is 15.6 Å². The smallest absolute Gasteiger partial charge is 0.326 e. The molecule has 1 amide bonds. The summed E-state index contributed by atoms with van der Waals surface area (Å²) >= 11 is 2.83. The van der Waals surface area contributed by atoms with Gasteiger partial charge in [0.25, 0.3) is 5.91 Å². The van der Waals surface area contributed by atoms with Crippen LogP contribution in [0.2, 0.25) is 0 Å². The zero-order valence-electron chi connectivity index (χ0n) is 10.5. The third-order valence-electron chi connectivity index (χ3n) is 2.32. The fraction of sp³-hybridized carbons (Fsp3) is 0.545. The van der Waals surface area contributed by atoms with E-state index in [1.54, 1.807) is 18.7 Å². The minimum Gasteiger partial charge on any atom is -0.480 e. The second-order valence-electron chi connectivity index (χ2n) is 3.79. The predicted octanol–water partition coefficient (Wildman–Crippen LogP) is 1.70. The maximum atomic E-state index is 11.9. The molecule has 2 N–H and O–H groups in total. The summed E-state index contributed by atoms with van der Waals surface area (Å²) in [6, 6.07) is -0.841. The molecule has 7 heteroatoms. The highest BCUT2D eigenvalue weighted by Crippen LogP contribution is 2.17. The predicted molar refractivity (Wildman–Crippen MR) is 73.5 cm³/mol. The van der Waals surface area contributed by atoms with Crippen LogP contribution in [0.4, 0.5) is 0 Å². The van der Waals surface area contributed by atoms with Gasteiger partial charge in [0.1, 0.15) is 10.9 Å². The van der Waals surface area contributed by atoms with Crippen LogP contribution in [0.15, 0.2) is 0 Å². The fourth-order valence-electron chi connectivity index (χ4n) is 1.46. The van der Waals surface area contributed by atoms with E-state index in [-0.39, 0.29) is 5.91 Å². The summed E-state index contributed by atoms with van der Waals surface area (Å²) < 4.78 is 0. The Morgan fingerprint density at radius 3 is 2.61 bits per heavy atom. The number of amides is 1. The van der Waals surface area contributed by atoms with Crippen molar-refractivity contribution in [3.8, 4) is 0 Å². The van der Waals surface area contributed by atoms with E-state index >= 15 is 0 Å². The van der Waals surface area contributed by atoms with Crippen molar-refractivity contribution in [2.75, 3.05) is 12.0 Å². The first kappa shape index (κ1) is 15.0. The second-order valence-corrected chi connectivity index (χ2v) is 5.98. The number of aromatic nitrogens is 1. The van der Waals surface area contributed by atoms with E-state index in [1.807, 2.05) is 13.2 Å². The SMILES string of the molecule is CSCC[C@@H](NC(=O)c1sc(C)nc1C)C(=O)O. The number of thioether (sulfide) groups is 1. The molecule has 0 unspecified atom stereocenters. The van der Waals surface area contributed by atoms with Gasteiger partial charge in [0.15, 0.2) is 0 Å². The molecule has 18 heavy (non-hydrogen) atoms. The second kappa shape index (κ2) is 6.75. The number of carboxylic acids is 1. The number of nitrogens with zero attached hydrogens (tertiary/aromatic N) is 1. The molecule has 1 rings (SSSR count). The summed E-state index contributed by atoms with van der Waals surface area (Å²) in [4.78, 5) is 27.6. The number of thiazole rings is 1. The molecule has 100 valence electrons. The average Bonchev–Trinajstić information content (AvgIpc) is 2.63. The van der Waals surface area contributed by atoms with E-state index in [0.717, 1.165) is 5.01 Å². The van der Waals surface area contributed by atoms with Crippen molar-refractivity contribution in [2.24, 2.45) is 0 Å². The van der Waals surface area contributed by atoms with Crippen LogP contribution in [0.25, 0.3) is 0 Å². The van der Waals surface area contributed by atoms with Gasteiger partial charge in [-0.3, -0.25) is 4.79 Å². The monoisotopic (exact) mass is 288 g/mol. The average molecular weight is 288 g/mol. The van der Waals surface area contributed by atoms with Gasteiger partial charge < -0.3 is 10.4 Å². The lowest BCUT2D eigenvalue weighted by Gasteiger charge is -2.13. The number of aryl methyl sites for hydroxylation is 2. The third-order valence-corrected chi connectivity index (χ3v) is 4.04. The molecule has 0 radical (unpaired) electrons. The van der Waals surface area contributed by atoms with Gasteiger partial charge in [0, 0.05) is 0 Å². The third kappa shape index (κ3) is 3.99. The van der Waals surface area contributed by atoms with Crippen LogP contribution in [0.3, 0.4) is 0 Å². The van der Waals surface area contributed by atoms with Crippen molar-refractivity contribution in [3.63, 3.8) is 0 Å². The van der Waals surface area contributed by atoms with E-state index in [4.69, 9.17) is 5.11 Å². The number of aliphatic carboxylic acids is 1. The molecule has 0 saturated heterocycles. The first-order valence-corrected chi connectivity index (χ1v) is 7.63. The summed E-state index contributed by atoms with van der Waals surface area (Å²) in [5.74, 6) is -0.666. The summed E-state index contributed by atoms with van der Waals surface area (Å²) in [5, 5.41) is 12.4. The normalized spacial score (nSPS) is 12.2. The topological polar surface area (TPSA) is 79.3 Å². The van der Waals surface area contributed by atoms with Gasteiger partial charge in [-0.05, 0) is 32.3 Å². The lowest BCUT2D eigenvalue weighted by atomic mass is 10.2. The number of carbonyl (C=O) groups is 2. The molecule has 1 aromatic rings. The van der Waals surface area contributed by atoms with Crippen LogP contribution in [0.1, 0.15) is 26.8 Å². The first-order chi connectivity index (χ1) is 8.45. The van der Waals surface area contributed by atoms with Crippen molar-refractivity contribution in [1.82, 2.24) is 10.3 Å². The lowest BCUT2D eigenvalue weighted by molar-refractivity contribution is -0.139. The Morgan fingerprint density at radius 2 is 2.17 bits per heavy atom. The number of carbonyl (C=O) groups excluding carboxylic acids is 1. The maximum Gasteiger partial charge on any atom is 0.326 e. The van der Waals surface area contributed by atoms with Crippen molar-refractivity contribution < 1.29 is 14.7 Å². The van der Waals surface area contributed by atoms with Gasteiger partial charge in [-0.1, -0.05) is 0 Å². The van der Waals surface area contributed by atoms with E-state index < -0.39 is 12.0 Å². The molecule has 0 spiro atoms. The van der Waals surface area contributed by atoms with E-state index in [1.165, 1.54) is 11.3 Å². The van der Waals surface area contributed by atoms with Gasteiger partial charge in [-0.15, -0.1) is 11.3 Å². The minimum atomic E-state index is -1.00. The molecule has 0 saturated carbocycles. The van der Waals surface area contributed by atoms with Crippen molar-refractivity contribution in [1.29, 1.82) is 0 Å². The molecule has 0 aliphatic rings. The Bertz CT molecular complexity index is 445. The highest BCUT2D eigenvalue weighted by atomic mass is 32.2. The quantitative estimate of drug-likeness (QED) is 0.833. The zero-order chi connectivity index (χ0) is 13.7. The highest BCUT2D eigenvalue weighted by molar-refractivity contribution is 7.98. The summed E-state index contributed by atoms with van der Waals surface area (Å²) in [5.41, 5.74) is 0.643. The van der Waals surface area contributed by atoms with Crippen LogP contribution < -0.4 is 5.32 Å². The van der Waals surface area contributed by atoms with Gasteiger partial charge in [0.2, 0.25) is 0 Å². The van der Waals surface area contributed by atoms with Gasteiger partial charge in [-0.2, -0.15) is 11.8 Å². The molecular weight excluding hydrogens is 272 g/mol. The first-order valence-electron chi connectivity index (χ1n) is 5.42. The standard InChI is InChI=1S/C11H16N2O3S2/c1-6-9(18-7(2)12-6)10(14)13-8(11(15)16)4-5-17-3/h8H,4-5H2,1-3H3,(H,13,14)(H,15,16)/t8-/m1/s1. The Hall–Kier alpha value is -1.08. The summed E-state index contributed by atoms with van der Waals surface area (Å²) in [7, 11) is 0. The molecule has 5 nitrogen and oxygen atoms in total. The van der Waals surface area contributed by atoms with Crippen LogP contribution in [0, 0.1) is 13.8 Å². The van der Waals surface area contributed by atoms with E-state index in [2.05, 4.69) is 10.3 Å². The van der Waals surface area contributed by atoms with Gasteiger partial charge in [-0.25, -0.2) is 9.78 Å². The number of nitrogens with one attached hydrogen (secondary N) is 1. The molecule has 0 aliphatic carbocycles. The number of carboxylic acid groups (broad SMARTS) is 1. The summed E-state index contributed by atoms with van der Waals surface area (Å²) in [6.45, 7) is 3.56. The van der Waals surface area contributed by atoms with E-state index in [0.29, 0.717) is 22.7 Å². The molecule has 1 heterocycles. The fourth-order valence-corrected chi connectivity index (χ4v) is 2.75. The minimum absolute atomic E-state index is 0.355. The number of rotatable bonds is 6. The molecular formula is C11H16N2O3S2. The number of hydrogen-bond acceptors (Lipinski definition) is 5. The van der Waals surface area contributed by atoms with E-state index in [9.17, 15) is 9.59 Å². The molecule has 0 aliphatic heterocycles. The Morgan fingerprint density at radius 1 is 1.50 bits per heavy atom. The molecule has 0 aromatic carbocycles. The largest absolute Gasteiger partial charge is 0.480 e. The number of hydrogen-bond donors (Lipinski definition) is 2.